The summed E-state index contributed by atoms with van der Waals surface area (Å²) in [6.07, 6.45) is 6.23. The van der Waals surface area contributed by atoms with Gasteiger partial charge in [-0.05, 0) is 18.6 Å². The Morgan fingerprint density at radius 2 is 2.29 bits per heavy atom. The van der Waals surface area contributed by atoms with E-state index in [1.54, 1.807) is 24.4 Å². The highest BCUT2D eigenvalue weighted by Crippen LogP contribution is 2.24. The van der Waals surface area contributed by atoms with Crippen molar-refractivity contribution in [2.75, 3.05) is 0 Å². The van der Waals surface area contributed by atoms with Crippen LogP contribution in [-0.4, -0.2) is 15.8 Å². The van der Waals surface area contributed by atoms with Crippen LogP contribution in [0.15, 0.2) is 30.6 Å². The molecule has 0 fully saturated rings. The lowest BCUT2D eigenvalue weighted by Gasteiger charge is -2.11. The number of hydrogen-bond acceptors (Lipinski definition) is 2. The Bertz CT molecular complexity index is 534. The van der Waals surface area contributed by atoms with Gasteiger partial charge in [-0.1, -0.05) is 24.6 Å². The molecular formula is C13H13ClN2O. The number of carbonyl (C=O) groups excluding carboxylic acids is 1. The normalized spacial score (nSPS) is 10.5. The van der Waals surface area contributed by atoms with Crippen LogP contribution in [0.1, 0.15) is 29.5 Å². The standard InChI is InChI=1S/C13H13ClN2O/c1-2-4-12-15-7-8-16(12)13-10(9-17)5-3-6-11(13)14/h3,5-9H,2,4H2,1H3. The maximum absolute atomic E-state index is 11.1. The van der Waals surface area contributed by atoms with E-state index in [0.717, 1.165) is 25.0 Å². The molecule has 2 aromatic rings. The topological polar surface area (TPSA) is 34.9 Å². The van der Waals surface area contributed by atoms with Crippen molar-refractivity contribution in [3.8, 4) is 5.69 Å². The van der Waals surface area contributed by atoms with Crippen LogP contribution in [0.4, 0.5) is 0 Å². The maximum atomic E-state index is 11.1. The van der Waals surface area contributed by atoms with Crippen molar-refractivity contribution in [3.05, 3.63) is 47.0 Å². The van der Waals surface area contributed by atoms with Gasteiger partial charge in [0.1, 0.15) is 5.82 Å². The van der Waals surface area contributed by atoms with Gasteiger partial charge in [-0.25, -0.2) is 4.98 Å². The molecule has 0 saturated heterocycles. The first-order valence-corrected chi connectivity index (χ1v) is 5.92. The molecule has 1 aromatic carbocycles. The van der Waals surface area contributed by atoms with E-state index in [1.165, 1.54) is 0 Å². The van der Waals surface area contributed by atoms with Gasteiger partial charge in [-0.2, -0.15) is 0 Å². The molecule has 0 bridgehead atoms. The minimum atomic E-state index is 0.560. The second-order valence-electron chi connectivity index (χ2n) is 3.76. The molecule has 2 rings (SSSR count). The van der Waals surface area contributed by atoms with Crippen LogP contribution < -0.4 is 0 Å². The zero-order chi connectivity index (χ0) is 12.3. The summed E-state index contributed by atoms with van der Waals surface area (Å²) in [5.41, 5.74) is 1.29. The van der Waals surface area contributed by atoms with Crippen molar-refractivity contribution in [1.29, 1.82) is 0 Å². The number of nitrogens with zero attached hydrogens (tertiary/aromatic N) is 2. The number of rotatable bonds is 4. The fraction of sp³-hybridized carbons (Fsp3) is 0.231. The molecule has 0 N–H and O–H groups in total. The Morgan fingerprint density at radius 3 is 3.00 bits per heavy atom. The lowest BCUT2D eigenvalue weighted by Crippen LogP contribution is -2.04. The number of halogens is 1. The number of hydrogen-bond donors (Lipinski definition) is 0. The number of imidazole rings is 1. The molecule has 0 aliphatic rings. The summed E-state index contributed by atoms with van der Waals surface area (Å²) in [5.74, 6) is 0.920. The first kappa shape index (κ1) is 11.9. The van der Waals surface area contributed by atoms with Crippen LogP contribution in [0.5, 0.6) is 0 Å². The van der Waals surface area contributed by atoms with E-state index in [-0.39, 0.29) is 0 Å². The number of aromatic nitrogens is 2. The first-order chi connectivity index (χ1) is 8.27. The van der Waals surface area contributed by atoms with Gasteiger partial charge in [0.15, 0.2) is 6.29 Å². The molecule has 0 radical (unpaired) electrons. The summed E-state index contributed by atoms with van der Waals surface area (Å²) in [7, 11) is 0. The van der Waals surface area contributed by atoms with Gasteiger partial charge in [0.05, 0.1) is 10.7 Å². The average Bonchev–Trinajstić information content (AvgIpc) is 2.77. The van der Waals surface area contributed by atoms with Gasteiger partial charge < -0.3 is 4.57 Å². The lowest BCUT2D eigenvalue weighted by molar-refractivity contribution is 0.112. The lowest BCUT2D eigenvalue weighted by atomic mass is 10.2. The third-order valence-corrected chi connectivity index (χ3v) is 2.88. The van der Waals surface area contributed by atoms with Crippen LogP contribution in [0.3, 0.4) is 0 Å². The van der Waals surface area contributed by atoms with Crippen molar-refractivity contribution >= 4 is 17.9 Å². The van der Waals surface area contributed by atoms with E-state index in [2.05, 4.69) is 11.9 Å². The molecule has 1 aromatic heterocycles. The van der Waals surface area contributed by atoms with Crippen molar-refractivity contribution in [2.24, 2.45) is 0 Å². The van der Waals surface area contributed by atoms with Gasteiger partial charge in [-0.3, -0.25) is 4.79 Å². The van der Waals surface area contributed by atoms with Gasteiger partial charge in [0, 0.05) is 24.4 Å². The smallest absolute Gasteiger partial charge is 0.152 e. The van der Waals surface area contributed by atoms with Crippen LogP contribution in [0, 0.1) is 0 Å². The second kappa shape index (κ2) is 5.15. The second-order valence-corrected chi connectivity index (χ2v) is 4.17. The number of carbonyl (C=O) groups is 1. The van der Waals surface area contributed by atoms with Crippen molar-refractivity contribution < 1.29 is 4.79 Å². The summed E-state index contributed by atoms with van der Waals surface area (Å²) in [5, 5.41) is 0.560. The summed E-state index contributed by atoms with van der Waals surface area (Å²) < 4.78 is 1.88. The quantitative estimate of drug-likeness (QED) is 0.779. The van der Waals surface area contributed by atoms with Crippen LogP contribution in [0.25, 0.3) is 5.69 Å². The third-order valence-electron chi connectivity index (χ3n) is 2.58. The van der Waals surface area contributed by atoms with Gasteiger partial charge in [0.25, 0.3) is 0 Å². The molecule has 17 heavy (non-hydrogen) atoms. The number of para-hydroxylation sites is 1. The number of aldehydes is 1. The third kappa shape index (κ3) is 2.24. The van der Waals surface area contributed by atoms with E-state index in [0.29, 0.717) is 16.3 Å². The minimum absolute atomic E-state index is 0.560. The largest absolute Gasteiger partial charge is 0.302 e. The van der Waals surface area contributed by atoms with E-state index in [4.69, 9.17) is 11.6 Å². The fourth-order valence-electron chi connectivity index (χ4n) is 1.83. The van der Waals surface area contributed by atoms with Gasteiger partial charge in [-0.15, -0.1) is 0 Å². The monoisotopic (exact) mass is 248 g/mol. The number of aryl methyl sites for hydroxylation is 1. The Labute approximate surface area is 105 Å². The van der Waals surface area contributed by atoms with E-state index in [1.807, 2.05) is 10.8 Å². The highest BCUT2D eigenvalue weighted by atomic mass is 35.5. The van der Waals surface area contributed by atoms with Crippen LogP contribution in [-0.2, 0) is 6.42 Å². The molecule has 0 spiro atoms. The minimum Gasteiger partial charge on any atom is -0.302 e. The van der Waals surface area contributed by atoms with Gasteiger partial charge >= 0.3 is 0 Å². The van der Waals surface area contributed by atoms with E-state index < -0.39 is 0 Å². The predicted octanol–water partition coefficient (Wildman–Crippen LogP) is 3.29. The summed E-state index contributed by atoms with van der Waals surface area (Å²) in [6, 6.07) is 5.30. The van der Waals surface area contributed by atoms with Crippen LogP contribution in [0.2, 0.25) is 5.02 Å². The first-order valence-electron chi connectivity index (χ1n) is 5.54. The predicted molar refractivity (Wildman–Crippen MR) is 68.0 cm³/mol. The van der Waals surface area contributed by atoms with Crippen molar-refractivity contribution in [2.45, 2.75) is 19.8 Å². The summed E-state index contributed by atoms with van der Waals surface area (Å²) in [4.78, 5) is 15.3. The van der Waals surface area contributed by atoms with E-state index >= 15 is 0 Å². The zero-order valence-electron chi connectivity index (χ0n) is 9.56. The molecule has 0 amide bonds. The highest BCUT2D eigenvalue weighted by Gasteiger charge is 2.11. The molecule has 3 nitrogen and oxygen atoms in total. The van der Waals surface area contributed by atoms with E-state index in [9.17, 15) is 4.79 Å². The number of benzene rings is 1. The molecule has 88 valence electrons. The Morgan fingerprint density at radius 1 is 1.47 bits per heavy atom. The Balaban J connectivity index is 2.59. The molecular weight excluding hydrogens is 236 g/mol. The molecule has 0 aliphatic carbocycles. The zero-order valence-corrected chi connectivity index (χ0v) is 10.3. The SMILES string of the molecule is CCCc1nccn1-c1c(Cl)cccc1C=O. The maximum Gasteiger partial charge on any atom is 0.152 e. The summed E-state index contributed by atoms with van der Waals surface area (Å²) >= 11 is 6.16. The van der Waals surface area contributed by atoms with Crippen molar-refractivity contribution in [1.82, 2.24) is 9.55 Å². The van der Waals surface area contributed by atoms with Gasteiger partial charge in [0.2, 0.25) is 0 Å². The Hall–Kier alpha value is -1.61. The average molecular weight is 249 g/mol. The highest BCUT2D eigenvalue weighted by molar-refractivity contribution is 6.32. The molecule has 1 heterocycles. The van der Waals surface area contributed by atoms with Crippen molar-refractivity contribution in [3.63, 3.8) is 0 Å². The molecule has 0 atom stereocenters. The van der Waals surface area contributed by atoms with Crippen LogP contribution >= 0.6 is 11.6 Å². The molecule has 0 unspecified atom stereocenters. The molecule has 0 aliphatic heterocycles. The fourth-order valence-corrected chi connectivity index (χ4v) is 2.10. The summed E-state index contributed by atoms with van der Waals surface area (Å²) in [6.45, 7) is 2.09. The Kier molecular flexibility index (Phi) is 3.59. The molecule has 4 heteroatoms. The molecule has 0 saturated carbocycles.